The molecule has 3 rings (SSSR count). The van der Waals surface area contributed by atoms with Crippen LogP contribution < -0.4 is 10.6 Å². The molecule has 0 aliphatic carbocycles. The Hall–Kier alpha value is -2.73. The first-order chi connectivity index (χ1) is 12.5. The fraction of sp³-hybridized carbons (Fsp3) is 0.200. The predicted molar refractivity (Wildman–Crippen MR) is 105 cm³/mol. The number of rotatable bonds is 5. The van der Waals surface area contributed by atoms with E-state index in [1.165, 1.54) is 29.0 Å². The molecule has 2 N–H and O–H groups in total. The lowest BCUT2D eigenvalue weighted by Gasteiger charge is -2.08. The monoisotopic (exact) mass is 369 g/mol. The first kappa shape index (κ1) is 18.1. The molecule has 1 amide bonds. The van der Waals surface area contributed by atoms with Gasteiger partial charge in [0, 0.05) is 11.4 Å². The average molecular weight is 369 g/mol. The first-order valence-electron chi connectivity index (χ1n) is 8.37. The number of nitrogens with zero attached hydrogens (tertiary/aromatic N) is 1. The third-order valence-corrected chi connectivity index (χ3v) is 5.16. The lowest BCUT2D eigenvalue weighted by Crippen LogP contribution is -2.12. The number of anilines is 3. The molecule has 0 bridgehead atoms. The molecule has 0 saturated heterocycles. The lowest BCUT2D eigenvalue weighted by molar-refractivity contribution is 0.102. The topological polar surface area (TPSA) is 54.0 Å². The van der Waals surface area contributed by atoms with Gasteiger partial charge < -0.3 is 10.6 Å². The van der Waals surface area contributed by atoms with Crippen LogP contribution in [0.2, 0.25) is 0 Å². The summed E-state index contributed by atoms with van der Waals surface area (Å²) >= 11 is 1.28. The zero-order valence-electron chi connectivity index (χ0n) is 14.9. The van der Waals surface area contributed by atoms with Gasteiger partial charge in [0.15, 0.2) is 5.13 Å². The third kappa shape index (κ3) is 3.91. The zero-order chi connectivity index (χ0) is 18.7. The van der Waals surface area contributed by atoms with Crippen LogP contribution in [0.1, 0.15) is 33.4 Å². The van der Waals surface area contributed by atoms with Crippen LogP contribution >= 0.6 is 11.3 Å². The number of halogens is 1. The minimum Gasteiger partial charge on any atom is -0.331 e. The van der Waals surface area contributed by atoms with E-state index in [0.717, 1.165) is 17.7 Å². The Morgan fingerprint density at radius 2 is 1.92 bits per heavy atom. The first-order valence-corrected chi connectivity index (χ1v) is 9.19. The van der Waals surface area contributed by atoms with E-state index < -0.39 is 0 Å². The molecular weight excluding hydrogens is 349 g/mol. The van der Waals surface area contributed by atoms with Crippen LogP contribution in [0.5, 0.6) is 0 Å². The summed E-state index contributed by atoms with van der Waals surface area (Å²) in [5.74, 6) is -0.670. The molecule has 1 aromatic heterocycles. The second kappa shape index (κ2) is 7.66. The Labute approximate surface area is 156 Å². The van der Waals surface area contributed by atoms with Gasteiger partial charge in [0.1, 0.15) is 10.7 Å². The molecule has 3 aromatic rings. The van der Waals surface area contributed by atoms with Crippen molar-refractivity contribution in [1.29, 1.82) is 0 Å². The quantitative estimate of drug-likeness (QED) is 0.628. The Morgan fingerprint density at radius 1 is 1.15 bits per heavy atom. The van der Waals surface area contributed by atoms with Crippen molar-refractivity contribution in [3.05, 3.63) is 70.0 Å². The van der Waals surface area contributed by atoms with E-state index in [4.69, 9.17) is 0 Å². The highest BCUT2D eigenvalue weighted by Gasteiger charge is 2.17. The van der Waals surface area contributed by atoms with Crippen molar-refractivity contribution in [2.45, 2.75) is 27.2 Å². The zero-order valence-corrected chi connectivity index (χ0v) is 15.7. The van der Waals surface area contributed by atoms with E-state index in [1.54, 1.807) is 13.0 Å². The highest BCUT2D eigenvalue weighted by Crippen LogP contribution is 2.28. The van der Waals surface area contributed by atoms with Crippen molar-refractivity contribution in [3.63, 3.8) is 0 Å². The summed E-state index contributed by atoms with van der Waals surface area (Å²) in [6.45, 7) is 5.71. The number of carbonyl (C=O) groups is 1. The van der Waals surface area contributed by atoms with Gasteiger partial charge in [0.2, 0.25) is 0 Å². The molecule has 134 valence electrons. The SMILES string of the molecule is CCc1ccccc1Nc1nc(C)c(C(=O)Nc2cc(F)ccc2C)s1. The van der Waals surface area contributed by atoms with Crippen molar-refractivity contribution in [3.8, 4) is 0 Å². The van der Waals surface area contributed by atoms with Gasteiger partial charge in [-0.2, -0.15) is 0 Å². The maximum Gasteiger partial charge on any atom is 0.267 e. The Morgan fingerprint density at radius 3 is 2.69 bits per heavy atom. The standard InChI is InChI=1S/C20H20FN3OS/c1-4-14-7-5-6-8-16(14)24-20-22-13(3)18(26-20)19(25)23-17-11-15(21)10-9-12(17)2/h5-11H,4H2,1-3H3,(H,22,24)(H,23,25). The van der Waals surface area contributed by atoms with Gasteiger partial charge in [-0.05, 0) is 49.6 Å². The highest BCUT2D eigenvalue weighted by molar-refractivity contribution is 7.17. The van der Waals surface area contributed by atoms with Crippen LogP contribution in [0.3, 0.4) is 0 Å². The minimum absolute atomic E-state index is 0.287. The van der Waals surface area contributed by atoms with Crippen molar-refractivity contribution >= 4 is 33.8 Å². The third-order valence-electron chi connectivity index (χ3n) is 4.09. The number of hydrogen-bond acceptors (Lipinski definition) is 4. The summed E-state index contributed by atoms with van der Waals surface area (Å²) in [6.07, 6.45) is 0.903. The van der Waals surface area contributed by atoms with Crippen LogP contribution in [0, 0.1) is 19.7 Å². The lowest BCUT2D eigenvalue weighted by atomic mass is 10.1. The number of aryl methyl sites for hydroxylation is 3. The van der Waals surface area contributed by atoms with Gasteiger partial charge in [-0.1, -0.05) is 42.5 Å². The van der Waals surface area contributed by atoms with E-state index in [-0.39, 0.29) is 11.7 Å². The second-order valence-corrected chi connectivity index (χ2v) is 6.98. The molecule has 0 unspecified atom stereocenters. The highest BCUT2D eigenvalue weighted by atomic mass is 32.1. The molecule has 6 heteroatoms. The second-order valence-electron chi connectivity index (χ2n) is 5.98. The van der Waals surface area contributed by atoms with E-state index >= 15 is 0 Å². The summed E-state index contributed by atoms with van der Waals surface area (Å²) in [7, 11) is 0. The fourth-order valence-electron chi connectivity index (χ4n) is 2.63. The van der Waals surface area contributed by atoms with Crippen molar-refractivity contribution < 1.29 is 9.18 Å². The number of para-hydroxylation sites is 1. The van der Waals surface area contributed by atoms with Crippen LogP contribution in [0.4, 0.5) is 20.9 Å². The normalized spacial score (nSPS) is 10.6. The molecule has 2 aromatic carbocycles. The molecule has 0 atom stereocenters. The van der Waals surface area contributed by atoms with Crippen LogP contribution in [-0.4, -0.2) is 10.9 Å². The molecule has 0 fully saturated rings. The predicted octanol–water partition coefficient (Wildman–Crippen LogP) is 5.46. The Bertz CT molecular complexity index is 952. The molecular formula is C20H20FN3OS. The summed E-state index contributed by atoms with van der Waals surface area (Å²) in [4.78, 5) is 17.6. The smallest absolute Gasteiger partial charge is 0.267 e. The van der Waals surface area contributed by atoms with Crippen molar-refractivity contribution in [2.75, 3.05) is 10.6 Å². The number of carbonyl (C=O) groups excluding carboxylic acids is 1. The number of thiazole rings is 1. The fourth-order valence-corrected chi connectivity index (χ4v) is 3.51. The van der Waals surface area contributed by atoms with Gasteiger partial charge >= 0.3 is 0 Å². The Balaban J connectivity index is 1.81. The van der Waals surface area contributed by atoms with E-state index in [2.05, 4.69) is 28.6 Å². The summed E-state index contributed by atoms with van der Waals surface area (Å²) in [6, 6.07) is 12.3. The molecule has 0 aliphatic heterocycles. The summed E-state index contributed by atoms with van der Waals surface area (Å²) < 4.78 is 13.4. The van der Waals surface area contributed by atoms with Crippen molar-refractivity contribution in [2.24, 2.45) is 0 Å². The van der Waals surface area contributed by atoms with Gasteiger partial charge in [-0.3, -0.25) is 4.79 Å². The molecule has 26 heavy (non-hydrogen) atoms. The van der Waals surface area contributed by atoms with Gasteiger partial charge in [-0.15, -0.1) is 0 Å². The van der Waals surface area contributed by atoms with Gasteiger partial charge in [0.05, 0.1) is 5.69 Å². The van der Waals surface area contributed by atoms with Crippen LogP contribution in [-0.2, 0) is 6.42 Å². The largest absolute Gasteiger partial charge is 0.331 e. The molecule has 1 heterocycles. The molecule has 0 aliphatic rings. The molecule has 0 spiro atoms. The molecule has 4 nitrogen and oxygen atoms in total. The summed E-state index contributed by atoms with van der Waals surface area (Å²) in [5, 5.41) is 6.72. The number of aromatic nitrogens is 1. The number of nitrogens with one attached hydrogen (secondary N) is 2. The Kier molecular flexibility index (Phi) is 5.32. The van der Waals surface area contributed by atoms with Crippen LogP contribution in [0.25, 0.3) is 0 Å². The molecule has 0 saturated carbocycles. The van der Waals surface area contributed by atoms with E-state index in [9.17, 15) is 9.18 Å². The van der Waals surface area contributed by atoms with E-state index in [1.807, 2.05) is 25.1 Å². The van der Waals surface area contributed by atoms with Gasteiger partial charge in [-0.25, -0.2) is 9.37 Å². The van der Waals surface area contributed by atoms with E-state index in [0.29, 0.717) is 21.4 Å². The number of benzene rings is 2. The maximum atomic E-state index is 13.4. The molecule has 0 radical (unpaired) electrons. The number of hydrogen-bond donors (Lipinski definition) is 2. The van der Waals surface area contributed by atoms with Crippen LogP contribution in [0.15, 0.2) is 42.5 Å². The average Bonchev–Trinajstić information content (AvgIpc) is 2.99. The summed E-state index contributed by atoms with van der Waals surface area (Å²) in [5.41, 5.74) is 4.07. The van der Waals surface area contributed by atoms with Gasteiger partial charge in [0.25, 0.3) is 5.91 Å². The maximum absolute atomic E-state index is 13.4. The van der Waals surface area contributed by atoms with Crippen molar-refractivity contribution in [1.82, 2.24) is 4.98 Å². The number of amides is 1. The minimum atomic E-state index is -0.384.